The number of anilines is 1. The van der Waals surface area contributed by atoms with E-state index >= 15 is 0 Å². The topological polar surface area (TPSA) is 58.6 Å². The van der Waals surface area contributed by atoms with Gasteiger partial charge in [0.25, 0.3) is 0 Å². The van der Waals surface area contributed by atoms with Crippen LogP contribution < -0.4 is 5.32 Å². The van der Waals surface area contributed by atoms with Crippen LogP contribution in [0.5, 0.6) is 0 Å². The minimum Gasteiger partial charge on any atom is -0.478 e. The number of halogens is 1. The molecule has 0 heterocycles. The number of hydrogen-bond acceptors (Lipinski definition) is 3. The molecule has 0 spiro atoms. The maximum Gasteiger partial charge on any atom is 0.338 e. The van der Waals surface area contributed by atoms with Crippen molar-refractivity contribution in [2.45, 2.75) is 26.4 Å². The van der Waals surface area contributed by atoms with Crippen LogP contribution in [-0.2, 0) is 4.74 Å². The Balaban J connectivity index is 2.85. The largest absolute Gasteiger partial charge is 0.478 e. The van der Waals surface area contributed by atoms with Crippen molar-refractivity contribution < 1.29 is 14.6 Å². The molecule has 0 aliphatic heterocycles. The van der Waals surface area contributed by atoms with Gasteiger partial charge in [-0.3, -0.25) is 0 Å². The summed E-state index contributed by atoms with van der Waals surface area (Å²) in [7, 11) is 0. The molecule has 0 fully saturated rings. The van der Waals surface area contributed by atoms with Crippen LogP contribution in [0.25, 0.3) is 0 Å². The molecule has 0 aliphatic rings. The molecule has 0 aliphatic carbocycles. The molecule has 18 heavy (non-hydrogen) atoms. The Morgan fingerprint density at radius 2 is 2.17 bits per heavy atom. The van der Waals surface area contributed by atoms with Gasteiger partial charge in [0.1, 0.15) is 0 Å². The van der Waals surface area contributed by atoms with Crippen LogP contribution >= 0.6 is 15.9 Å². The Morgan fingerprint density at radius 3 is 2.72 bits per heavy atom. The van der Waals surface area contributed by atoms with Gasteiger partial charge >= 0.3 is 5.97 Å². The highest BCUT2D eigenvalue weighted by atomic mass is 79.9. The molecule has 100 valence electrons. The van der Waals surface area contributed by atoms with E-state index in [1.165, 1.54) is 0 Å². The predicted octanol–water partition coefficient (Wildman–Crippen LogP) is 3.37. The maximum absolute atomic E-state index is 11.2. The summed E-state index contributed by atoms with van der Waals surface area (Å²) in [5.74, 6) is -0.959. The third-order valence-corrected chi connectivity index (χ3v) is 3.13. The Kier molecular flexibility index (Phi) is 5.16. The first kappa shape index (κ1) is 15.0. The van der Waals surface area contributed by atoms with Gasteiger partial charge in [0.05, 0.1) is 11.2 Å². The minimum atomic E-state index is -0.959. The van der Waals surface area contributed by atoms with Crippen molar-refractivity contribution in [3.05, 3.63) is 28.2 Å². The highest BCUT2D eigenvalue weighted by molar-refractivity contribution is 9.10. The standard InChI is InChI=1S/C13H18BrNO3/c1-4-18-13(2,3)8-15-10-7-5-6-9(14)11(10)12(16)17/h5-7,15H,4,8H2,1-3H3,(H,16,17). The summed E-state index contributed by atoms with van der Waals surface area (Å²) in [6.07, 6.45) is 0. The molecule has 0 bridgehead atoms. The molecule has 0 amide bonds. The van der Waals surface area contributed by atoms with E-state index in [2.05, 4.69) is 21.2 Å². The van der Waals surface area contributed by atoms with Crippen molar-refractivity contribution in [1.29, 1.82) is 0 Å². The molecule has 0 unspecified atom stereocenters. The monoisotopic (exact) mass is 315 g/mol. The van der Waals surface area contributed by atoms with Crippen molar-refractivity contribution in [1.82, 2.24) is 0 Å². The second kappa shape index (κ2) is 6.20. The Morgan fingerprint density at radius 1 is 1.50 bits per heavy atom. The van der Waals surface area contributed by atoms with E-state index in [0.29, 0.717) is 23.3 Å². The maximum atomic E-state index is 11.2. The molecule has 2 N–H and O–H groups in total. The second-order valence-corrected chi connectivity index (χ2v) is 5.37. The normalized spacial score (nSPS) is 11.3. The van der Waals surface area contributed by atoms with Crippen LogP contribution in [0.4, 0.5) is 5.69 Å². The summed E-state index contributed by atoms with van der Waals surface area (Å²) in [6, 6.07) is 5.26. The molecule has 0 aromatic heterocycles. The van der Waals surface area contributed by atoms with E-state index in [1.54, 1.807) is 18.2 Å². The average Bonchev–Trinajstić information content (AvgIpc) is 2.26. The molecule has 0 saturated heterocycles. The minimum absolute atomic E-state index is 0.241. The molecule has 1 aromatic rings. The molecule has 0 saturated carbocycles. The Labute approximate surface area is 115 Å². The van der Waals surface area contributed by atoms with Crippen LogP contribution in [0.3, 0.4) is 0 Å². The molecular formula is C13H18BrNO3. The van der Waals surface area contributed by atoms with Crippen LogP contribution in [0, 0.1) is 0 Å². The number of carboxylic acid groups (broad SMARTS) is 1. The fourth-order valence-electron chi connectivity index (χ4n) is 1.64. The fourth-order valence-corrected chi connectivity index (χ4v) is 2.17. The van der Waals surface area contributed by atoms with E-state index < -0.39 is 5.97 Å². The molecule has 1 aromatic carbocycles. The van der Waals surface area contributed by atoms with Gasteiger partial charge < -0.3 is 15.2 Å². The van der Waals surface area contributed by atoms with E-state index in [-0.39, 0.29) is 11.2 Å². The number of carbonyl (C=O) groups is 1. The molecular weight excluding hydrogens is 298 g/mol. The van der Waals surface area contributed by atoms with Crippen molar-refractivity contribution in [2.75, 3.05) is 18.5 Å². The van der Waals surface area contributed by atoms with Crippen molar-refractivity contribution in [3.63, 3.8) is 0 Å². The van der Waals surface area contributed by atoms with Gasteiger partial charge in [0, 0.05) is 23.3 Å². The fraction of sp³-hybridized carbons (Fsp3) is 0.462. The van der Waals surface area contributed by atoms with E-state index in [4.69, 9.17) is 4.74 Å². The molecule has 1 rings (SSSR count). The summed E-state index contributed by atoms with van der Waals surface area (Å²) in [4.78, 5) is 11.2. The van der Waals surface area contributed by atoms with Gasteiger partial charge in [0.2, 0.25) is 0 Å². The summed E-state index contributed by atoms with van der Waals surface area (Å²) >= 11 is 3.25. The molecule has 0 radical (unpaired) electrons. The van der Waals surface area contributed by atoms with Crippen molar-refractivity contribution in [3.8, 4) is 0 Å². The zero-order valence-electron chi connectivity index (χ0n) is 10.8. The molecule has 5 heteroatoms. The lowest BCUT2D eigenvalue weighted by molar-refractivity contribution is 0.000658. The highest BCUT2D eigenvalue weighted by Crippen LogP contribution is 2.25. The number of aromatic carboxylic acids is 1. The van der Waals surface area contributed by atoms with E-state index in [1.807, 2.05) is 20.8 Å². The van der Waals surface area contributed by atoms with Gasteiger partial charge in [-0.25, -0.2) is 4.79 Å². The van der Waals surface area contributed by atoms with Gasteiger partial charge in [-0.1, -0.05) is 6.07 Å². The first-order chi connectivity index (χ1) is 8.37. The predicted molar refractivity (Wildman–Crippen MR) is 75.3 cm³/mol. The van der Waals surface area contributed by atoms with Crippen LogP contribution in [0.2, 0.25) is 0 Å². The highest BCUT2D eigenvalue weighted by Gasteiger charge is 2.19. The average molecular weight is 316 g/mol. The van der Waals surface area contributed by atoms with Gasteiger partial charge in [0.15, 0.2) is 0 Å². The number of rotatable bonds is 6. The third kappa shape index (κ3) is 3.99. The Bertz CT molecular complexity index is 432. The summed E-state index contributed by atoms with van der Waals surface area (Å²) < 4.78 is 6.12. The lowest BCUT2D eigenvalue weighted by atomic mass is 10.1. The lowest BCUT2D eigenvalue weighted by Crippen LogP contribution is -2.33. The van der Waals surface area contributed by atoms with Crippen molar-refractivity contribution >= 4 is 27.6 Å². The zero-order chi connectivity index (χ0) is 13.8. The van der Waals surface area contributed by atoms with Gasteiger partial charge in [-0.2, -0.15) is 0 Å². The van der Waals surface area contributed by atoms with Crippen LogP contribution in [0.1, 0.15) is 31.1 Å². The second-order valence-electron chi connectivity index (χ2n) is 4.51. The van der Waals surface area contributed by atoms with Gasteiger partial charge in [-0.15, -0.1) is 0 Å². The smallest absolute Gasteiger partial charge is 0.338 e. The van der Waals surface area contributed by atoms with E-state index in [0.717, 1.165) is 0 Å². The number of nitrogens with one attached hydrogen (secondary N) is 1. The summed E-state index contributed by atoms with van der Waals surface area (Å²) in [5, 5.41) is 12.3. The molecule has 0 atom stereocenters. The Hall–Kier alpha value is -1.07. The van der Waals surface area contributed by atoms with Gasteiger partial charge in [-0.05, 0) is 48.8 Å². The number of ether oxygens (including phenoxy) is 1. The van der Waals surface area contributed by atoms with Crippen LogP contribution in [0.15, 0.2) is 22.7 Å². The van der Waals surface area contributed by atoms with Crippen LogP contribution in [-0.4, -0.2) is 29.8 Å². The first-order valence-corrected chi connectivity index (χ1v) is 6.56. The summed E-state index contributed by atoms with van der Waals surface area (Å²) in [6.45, 7) is 7.02. The first-order valence-electron chi connectivity index (χ1n) is 5.77. The lowest BCUT2D eigenvalue weighted by Gasteiger charge is -2.26. The number of hydrogen-bond donors (Lipinski definition) is 2. The quantitative estimate of drug-likeness (QED) is 0.845. The van der Waals surface area contributed by atoms with Crippen molar-refractivity contribution in [2.24, 2.45) is 0 Å². The number of benzene rings is 1. The zero-order valence-corrected chi connectivity index (χ0v) is 12.4. The molecule has 4 nitrogen and oxygen atoms in total. The third-order valence-electron chi connectivity index (χ3n) is 2.47. The van der Waals surface area contributed by atoms with E-state index in [9.17, 15) is 9.90 Å². The SMILES string of the molecule is CCOC(C)(C)CNc1cccc(Br)c1C(=O)O. The number of carboxylic acids is 1. The summed E-state index contributed by atoms with van der Waals surface area (Å²) in [5.41, 5.74) is 0.488.